The minimum Gasteiger partial charge on any atom is -0.444 e. The van der Waals surface area contributed by atoms with Crippen molar-refractivity contribution >= 4 is 14.4 Å². The Bertz CT molecular complexity index is 273. The summed E-state index contributed by atoms with van der Waals surface area (Å²) in [5.74, 6) is 0. The van der Waals surface area contributed by atoms with E-state index >= 15 is 0 Å². The third-order valence-corrected chi connectivity index (χ3v) is 8.23. The van der Waals surface area contributed by atoms with E-state index in [-0.39, 0.29) is 17.2 Å². The van der Waals surface area contributed by atoms with Gasteiger partial charge >= 0.3 is 6.09 Å². The maximum absolute atomic E-state index is 10.8. The van der Waals surface area contributed by atoms with Gasteiger partial charge in [0.1, 0.15) is 6.10 Å². The highest BCUT2D eigenvalue weighted by atomic mass is 28.4. The first kappa shape index (κ1) is 14.5. The SMILES string of the molecule is CC(C)(C)[Si](C)(C)OCCC[C@H]1CNC(=O)O1. The summed E-state index contributed by atoms with van der Waals surface area (Å²) >= 11 is 0. The molecule has 1 amide bonds. The van der Waals surface area contributed by atoms with Gasteiger partial charge in [0, 0.05) is 6.61 Å². The summed E-state index contributed by atoms with van der Waals surface area (Å²) in [7, 11) is -1.62. The van der Waals surface area contributed by atoms with Crippen LogP contribution in [0.1, 0.15) is 33.6 Å². The molecule has 17 heavy (non-hydrogen) atoms. The molecule has 0 aromatic rings. The van der Waals surface area contributed by atoms with E-state index in [1.807, 2.05) is 0 Å². The van der Waals surface area contributed by atoms with Crippen LogP contribution < -0.4 is 5.32 Å². The van der Waals surface area contributed by atoms with Crippen LogP contribution in [0, 0.1) is 0 Å². The van der Waals surface area contributed by atoms with Crippen LogP contribution in [0.4, 0.5) is 4.79 Å². The summed E-state index contributed by atoms with van der Waals surface area (Å²) in [5.41, 5.74) is 0. The Morgan fingerprint density at radius 2 is 2.12 bits per heavy atom. The summed E-state index contributed by atoms with van der Waals surface area (Å²) in [6.45, 7) is 12.6. The number of carbonyl (C=O) groups is 1. The molecular formula is C12H25NO3Si. The zero-order valence-corrected chi connectivity index (χ0v) is 12.6. The number of hydrogen-bond acceptors (Lipinski definition) is 3. The molecule has 1 heterocycles. The summed E-state index contributed by atoms with van der Waals surface area (Å²) in [6.07, 6.45) is 1.57. The predicted octanol–water partition coefficient (Wildman–Crippen LogP) is 2.90. The van der Waals surface area contributed by atoms with Gasteiger partial charge in [-0.25, -0.2) is 4.79 Å². The number of amides is 1. The first-order valence-electron chi connectivity index (χ1n) is 6.31. The van der Waals surface area contributed by atoms with Gasteiger partial charge in [0.25, 0.3) is 0 Å². The van der Waals surface area contributed by atoms with Crippen LogP contribution in [0.2, 0.25) is 18.1 Å². The first-order chi connectivity index (χ1) is 7.72. The average molecular weight is 259 g/mol. The van der Waals surface area contributed by atoms with E-state index < -0.39 is 8.32 Å². The highest BCUT2D eigenvalue weighted by Gasteiger charge is 2.36. The van der Waals surface area contributed by atoms with Crippen molar-refractivity contribution in [3.8, 4) is 0 Å². The second-order valence-electron chi connectivity index (χ2n) is 6.16. The van der Waals surface area contributed by atoms with Crippen molar-refractivity contribution in [1.82, 2.24) is 5.32 Å². The van der Waals surface area contributed by atoms with Crippen molar-refractivity contribution in [3.05, 3.63) is 0 Å². The number of carbonyl (C=O) groups excluding carboxylic acids is 1. The Morgan fingerprint density at radius 1 is 1.47 bits per heavy atom. The molecule has 1 aliphatic heterocycles. The number of cyclic esters (lactones) is 1. The van der Waals surface area contributed by atoms with Crippen LogP contribution in [-0.2, 0) is 9.16 Å². The fraction of sp³-hybridized carbons (Fsp3) is 0.917. The molecule has 0 aliphatic carbocycles. The lowest BCUT2D eigenvalue weighted by Crippen LogP contribution is -2.41. The summed E-state index contributed by atoms with van der Waals surface area (Å²) in [4.78, 5) is 10.8. The standard InChI is InChI=1S/C12H25NO3Si/c1-12(2,3)17(4,5)15-8-6-7-10-9-13-11(14)16-10/h10H,6-9H2,1-5H3,(H,13,14)/t10-/m0/s1. The highest BCUT2D eigenvalue weighted by molar-refractivity contribution is 6.74. The molecule has 0 bridgehead atoms. The minimum atomic E-state index is -1.62. The van der Waals surface area contributed by atoms with Crippen LogP contribution in [0.15, 0.2) is 0 Å². The lowest BCUT2D eigenvalue weighted by molar-refractivity contribution is 0.130. The first-order valence-corrected chi connectivity index (χ1v) is 9.22. The van der Waals surface area contributed by atoms with Crippen molar-refractivity contribution in [2.45, 2.75) is 57.8 Å². The van der Waals surface area contributed by atoms with Gasteiger partial charge in [0.05, 0.1) is 6.54 Å². The van der Waals surface area contributed by atoms with Crippen LogP contribution in [0.3, 0.4) is 0 Å². The van der Waals surface area contributed by atoms with E-state index in [4.69, 9.17) is 9.16 Å². The van der Waals surface area contributed by atoms with Gasteiger partial charge in [-0.2, -0.15) is 0 Å². The van der Waals surface area contributed by atoms with E-state index in [1.165, 1.54) is 0 Å². The fourth-order valence-electron chi connectivity index (χ4n) is 1.45. The van der Waals surface area contributed by atoms with Crippen molar-refractivity contribution in [3.63, 3.8) is 0 Å². The fourth-order valence-corrected chi connectivity index (χ4v) is 2.54. The summed E-state index contributed by atoms with van der Waals surface area (Å²) < 4.78 is 11.1. The Labute approximate surface area is 105 Å². The molecule has 0 saturated carbocycles. The molecule has 0 spiro atoms. The molecule has 1 N–H and O–H groups in total. The summed E-state index contributed by atoms with van der Waals surface area (Å²) in [6, 6.07) is 0. The molecule has 1 fully saturated rings. The molecular weight excluding hydrogens is 234 g/mol. The van der Waals surface area contributed by atoms with Gasteiger partial charge in [-0.15, -0.1) is 0 Å². The molecule has 100 valence electrons. The predicted molar refractivity (Wildman–Crippen MR) is 70.7 cm³/mol. The Morgan fingerprint density at radius 3 is 2.59 bits per heavy atom. The lowest BCUT2D eigenvalue weighted by atomic mass is 10.2. The van der Waals surface area contributed by atoms with Gasteiger partial charge in [-0.1, -0.05) is 20.8 Å². The van der Waals surface area contributed by atoms with Gasteiger partial charge < -0.3 is 14.5 Å². The zero-order chi connectivity index (χ0) is 13.1. The molecule has 1 saturated heterocycles. The Hall–Kier alpha value is -0.553. The molecule has 0 aromatic heterocycles. The Kier molecular flexibility index (Phi) is 4.60. The molecule has 4 nitrogen and oxygen atoms in total. The van der Waals surface area contributed by atoms with Crippen LogP contribution >= 0.6 is 0 Å². The molecule has 1 rings (SSSR count). The van der Waals surface area contributed by atoms with Gasteiger partial charge in [0.15, 0.2) is 8.32 Å². The van der Waals surface area contributed by atoms with E-state index in [1.54, 1.807) is 0 Å². The topological polar surface area (TPSA) is 47.6 Å². The van der Waals surface area contributed by atoms with Gasteiger partial charge in [-0.05, 0) is 31.0 Å². The zero-order valence-electron chi connectivity index (χ0n) is 11.6. The smallest absolute Gasteiger partial charge is 0.407 e. The highest BCUT2D eigenvalue weighted by Crippen LogP contribution is 2.36. The van der Waals surface area contributed by atoms with Crippen LogP contribution in [0.5, 0.6) is 0 Å². The third-order valence-electron chi connectivity index (χ3n) is 3.69. The monoisotopic (exact) mass is 259 g/mol. The van der Waals surface area contributed by atoms with Gasteiger partial charge in [-0.3, -0.25) is 0 Å². The maximum Gasteiger partial charge on any atom is 0.407 e. The lowest BCUT2D eigenvalue weighted by Gasteiger charge is -2.36. The van der Waals surface area contributed by atoms with E-state index in [9.17, 15) is 4.79 Å². The number of hydrogen-bond donors (Lipinski definition) is 1. The quantitative estimate of drug-likeness (QED) is 0.610. The van der Waals surface area contributed by atoms with Crippen molar-refractivity contribution < 1.29 is 14.0 Å². The van der Waals surface area contributed by atoms with Crippen molar-refractivity contribution in [1.29, 1.82) is 0 Å². The van der Waals surface area contributed by atoms with E-state index in [0.29, 0.717) is 6.54 Å². The number of alkyl carbamates (subject to hydrolysis) is 1. The Balaban J connectivity index is 2.18. The molecule has 5 heteroatoms. The minimum absolute atomic E-state index is 0.0329. The normalized spacial score (nSPS) is 21.2. The van der Waals surface area contributed by atoms with Crippen LogP contribution in [0.25, 0.3) is 0 Å². The average Bonchev–Trinajstić information content (AvgIpc) is 2.57. The maximum atomic E-state index is 10.8. The van der Waals surface area contributed by atoms with Crippen LogP contribution in [-0.4, -0.2) is 33.7 Å². The molecule has 1 atom stereocenters. The number of ether oxygens (including phenoxy) is 1. The second-order valence-corrected chi connectivity index (χ2v) is 11.0. The molecule has 0 radical (unpaired) electrons. The van der Waals surface area contributed by atoms with Gasteiger partial charge in [0.2, 0.25) is 0 Å². The largest absolute Gasteiger partial charge is 0.444 e. The molecule has 1 aliphatic rings. The third kappa shape index (κ3) is 4.31. The van der Waals surface area contributed by atoms with E-state index in [0.717, 1.165) is 19.4 Å². The van der Waals surface area contributed by atoms with Crippen molar-refractivity contribution in [2.24, 2.45) is 0 Å². The summed E-state index contributed by atoms with van der Waals surface area (Å²) in [5, 5.41) is 2.92. The molecule has 0 unspecified atom stereocenters. The van der Waals surface area contributed by atoms with E-state index in [2.05, 4.69) is 39.2 Å². The molecule has 0 aromatic carbocycles. The number of rotatable bonds is 5. The second kappa shape index (κ2) is 5.39. The number of nitrogens with one attached hydrogen (secondary N) is 1. The van der Waals surface area contributed by atoms with Crippen molar-refractivity contribution in [2.75, 3.05) is 13.2 Å².